The molecule has 2 aromatic heterocycles. The van der Waals surface area contributed by atoms with Crippen LogP contribution in [-0.2, 0) is 19.5 Å². The topological polar surface area (TPSA) is 229 Å². The minimum Gasteiger partial charge on any atom is -0.744 e. The summed E-state index contributed by atoms with van der Waals surface area (Å²) in [6.45, 7) is 1.37. The predicted molar refractivity (Wildman–Crippen MR) is 120 cm³/mol. The number of fused-ring (bicyclic) bond motifs is 1. The standard InChI is InChI=1S/C20H14N4O11S2.2K/c1-9-15(21-22-17-13-7-6-12(37(30,31)32)8-14(13)33-23-17)18(25)24(19(26)16(9)36-35-34-29)11-4-2-10(3-5-11)20(27)28;;/h2-8,25,29H,1H3,(H,27,28)(H,30,31,32);;/q;2*+1/p-2. The largest absolute Gasteiger partial charge is 1.00 e. The van der Waals surface area contributed by atoms with Gasteiger partial charge in [0.1, 0.15) is 15.0 Å². The Morgan fingerprint density at radius 3 is 2.41 bits per heavy atom. The van der Waals surface area contributed by atoms with Crippen LogP contribution in [0.25, 0.3) is 16.7 Å². The van der Waals surface area contributed by atoms with Crippen LogP contribution in [0.5, 0.6) is 5.88 Å². The number of aromatic carboxylic acids is 1. The van der Waals surface area contributed by atoms with E-state index < -0.39 is 32.4 Å². The molecule has 4 aromatic rings. The van der Waals surface area contributed by atoms with Crippen molar-refractivity contribution in [2.75, 3.05) is 0 Å². The smallest absolute Gasteiger partial charge is 0.744 e. The first-order valence-electron chi connectivity index (χ1n) is 9.75. The molecule has 2 heterocycles. The van der Waals surface area contributed by atoms with Crippen LogP contribution in [0.2, 0.25) is 0 Å². The van der Waals surface area contributed by atoms with E-state index >= 15 is 0 Å². The summed E-state index contributed by atoms with van der Waals surface area (Å²) in [6.07, 6.45) is 0. The SMILES string of the molecule is Cc1c(N=Nc2noc3cc(S(=O)(=O)[O-])ccc23)c(O)n(-c2ccc(C(=O)O)cc2)c(=O)c1SOO[O-].[K+].[K+]. The third kappa shape index (κ3) is 7.51. The quantitative estimate of drug-likeness (QED) is 0.0479. The first kappa shape index (κ1) is 34.3. The predicted octanol–water partition coefficient (Wildman–Crippen LogP) is -3.75. The van der Waals surface area contributed by atoms with Crippen LogP contribution < -0.4 is 114 Å². The number of aromatic hydroxyl groups is 1. The molecule has 192 valence electrons. The molecule has 0 unspecified atom stereocenters. The van der Waals surface area contributed by atoms with Gasteiger partial charge in [0, 0.05) is 11.6 Å². The molecular weight excluding hydrogens is 615 g/mol. The van der Waals surface area contributed by atoms with E-state index in [2.05, 4.69) is 24.8 Å². The number of hydrogen-bond donors (Lipinski definition) is 2. The van der Waals surface area contributed by atoms with E-state index in [1.54, 1.807) is 0 Å². The van der Waals surface area contributed by atoms with Gasteiger partial charge in [-0.2, -0.15) is 4.33 Å². The van der Waals surface area contributed by atoms with Crippen molar-refractivity contribution in [3.05, 3.63) is 63.9 Å². The van der Waals surface area contributed by atoms with E-state index in [9.17, 15) is 32.9 Å². The molecule has 0 aliphatic rings. The number of hydrogen-bond acceptors (Lipinski definition) is 14. The van der Waals surface area contributed by atoms with Crippen molar-refractivity contribution in [2.24, 2.45) is 10.2 Å². The van der Waals surface area contributed by atoms with E-state index in [0.717, 1.165) is 16.7 Å². The number of nitrogens with zero attached hydrogens (tertiary/aromatic N) is 4. The van der Waals surface area contributed by atoms with Crippen molar-refractivity contribution in [1.29, 1.82) is 0 Å². The second kappa shape index (κ2) is 14.4. The fourth-order valence-electron chi connectivity index (χ4n) is 3.23. The van der Waals surface area contributed by atoms with Crippen molar-refractivity contribution < 1.29 is 150 Å². The van der Waals surface area contributed by atoms with Gasteiger partial charge in [-0.3, -0.25) is 9.83 Å². The second-order valence-corrected chi connectivity index (χ2v) is 9.25. The van der Waals surface area contributed by atoms with Gasteiger partial charge in [0.15, 0.2) is 11.3 Å². The molecule has 0 amide bonds. The number of benzene rings is 2. The van der Waals surface area contributed by atoms with Crippen LogP contribution in [0.1, 0.15) is 15.9 Å². The number of carboxylic acids is 1. The molecule has 19 heteroatoms. The molecule has 0 radical (unpaired) electrons. The van der Waals surface area contributed by atoms with E-state index in [4.69, 9.17) is 9.63 Å². The van der Waals surface area contributed by atoms with Gasteiger partial charge in [0.25, 0.3) is 5.56 Å². The number of azo groups is 1. The molecule has 2 N–H and O–H groups in total. The van der Waals surface area contributed by atoms with Crippen molar-refractivity contribution in [1.82, 2.24) is 9.72 Å². The molecule has 0 spiro atoms. The van der Waals surface area contributed by atoms with Crippen molar-refractivity contribution in [3.8, 4) is 11.6 Å². The van der Waals surface area contributed by atoms with Crippen LogP contribution in [-0.4, -0.2) is 38.9 Å². The summed E-state index contributed by atoms with van der Waals surface area (Å²) >= 11 is 0.248. The van der Waals surface area contributed by atoms with Crippen LogP contribution in [0.15, 0.2) is 71.8 Å². The van der Waals surface area contributed by atoms with Crippen LogP contribution in [0, 0.1) is 6.92 Å². The van der Waals surface area contributed by atoms with Crippen LogP contribution >= 0.6 is 12.0 Å². The van der Waals surface area contributed by atoms with Gasteiger partial charge in [-0.05, 0) is 43.3 Å². The molecule has 0 aliphatic carbocycles. The normalized spacial score (nSPS) is 11.4. The number of carbonyl (C=O) groups is 1. The summed E-state index contributed by atoms with van der Waals surface area (Å²) in [5, 5.41) is 45.3. The van der Waals surface area contributed by atoms with Crippen molar-refractivity contribution in [2.45, 2.75) is 16.7 Å². The maximum atomic E-state index is 13.1. The molecule has 39 heavy (non-hydrogen) atoms. The van der Waals surface area contributed by atoms with Gasteiger partial charge in [-0.1, -0.05) is 5.16 Å². The first-order valence-corrected chi connectivity index (χ1v) is 11.9. The fraction of sp³-hybridized carbons (Fsp3) is 0.0500. The summed E-state index contributed by atoms with van der Waals surface area (Å²) in [7, 11) is -4.74. The fourth-order valence-corrected chi connectivity index (χ4v) is 4.19. The zero-order chi connectivity index (χ0) is 26.9. The minimum absolute atomic E-state index is 0. The summed E-state index contributed by atoms with van der Waals surface area (Å²) < 4.78 is 43.7. The Kier molecular flexibility index (Phi) is 12.6. The van der Waals surface area contributed by atoms with Gasteiger partial charge in [-0.15, -0.1) is 10.2 Å². The summed E-state index contributed by atoms with van der Waals surface area (Å²) in [4.78, 5) is 23.4. The Bertz CT molecular complexity index is 1720. The molecule has 0 aliphatic heterocycles. The Labute approximate surface area is 307 Å². The number of aromatic nitrogens is 2. The van der Waals surface area contributed by atoms with Gasteiger partial charge in [-0.25, -0.2) is 17.8 Å². The molecule has 4 rings (SSSR count). The maximum Gasteiger partial charge on any atom is 1.00 e. The molecule has 0 fully saturated rings. The van der Waals surface area contributed by atoms with Crippen molar-refractivity contribution in [3.63, 3.8) is 0 Å². The van der Waals surface area contributed by atoms with E-state index in [1.165, 1.54) is 37.3 Å². The molecule has 0 saturated heterocycles. The third-order valence-electron chi connectivity index (χ3n) is 4.99. The van der Waals surface area contributed by atoms with E-state index in [-0.39, 0.29) is 159 Å². The number of rotatable bonds is 8. The first-order chi connectivity index (χ1) is 17.5. The maximum absolute atomic E-state index is 13.1. The minimum atomic E-state index is -4.74. The Morgan fingerprint density at radius 2 is 1.82 bits per heavy atom. The number of pyridine rings is 1. The summed E-state index contributed by atoms with van der Waals surface area (Å²) in [5.74, 6) is -2.06. The van der Waals surface area contributed by atoms with Gasteiger partial charge < -0.3 is 24.5 Å². The summed E-state index contributed by atoms with van der Waals surface area (Å²) in [6, 6.07) is 8.13. The third-order valence-corrected chi connectivity index (χ3v) is 6.59. The Morgan fingerprint density at radius 1 is 1.15 bits per heavy atom. The summed E-state index contributed by atoms with van der Waals surface area (Å²) in [5.41, 5.74) is -1.20. The Hall–Kier alpha value is -0.857. The molecule has 0 bridgehead atoms. The van der Waals surface area contributed by atoms with Crippen LogP contribution in [0.3, 0.4) is 0 Å². The molecule has 0 atom stereocenters. The zero-order valence-electron chi connectivity index (χ0n) is 20.2. The Balaban J connectivity index is 0.00000267. The molecule has 15 nitrogen and oxygen atoms in total. The average Bonchev–Trinajstić information content (AvgIpc) is 3.26. The van der Waals surface area contributed by atoms with Gasteiger partial charge >= 0.3 is 109 Å². The van der Waals surface area contributed by atoms with E-state index in [0.29, 0.717) is 0 Å². The van der Waals surface area contributed by atoms with E-state index in [1.807, 2.05) is 0 Å². The molecule has 0 saturated carbocycles. The molecular formula is C20H12K2N4O11S2. The molecule has 2 aromatic carbocycles. The second-order valence-electron chi connectivity index (χ2n) is 7.16. The monoisotopic (exact) mass is 626 g/mol. The average molecular weight is 627 g/mol. The van der Waals surface area contributed by atoms with Crippen LogP contribution in [0.4, 0.5) is 11.5 Å². The number of carboxylic acid groups (broad SMARTS) is 1. The zero-order valence-corrected chi connectivity index (χ0v) is 28.1. The van der Waals surface area contributed by atoms with Gasteiger partial charge in [0.05, 0.1) is 33.6 Å². The van der Waals surface area contributed by atoms with Gasteiger partial charge in [0.2, 0.25) is 11.7 Å². The van der Waals surface area contributed by atoms with Crippen molar-refractivity contribution >= 4 is 50.6 Å².